The normalized spacial score (nSPS) is 12.3. The van der Waals surface area contributed by atoms with Crippen molar-refractivity contribution in [2.75, 3.05) is 19.8 Å². The Morgan fingerprint density at radius 1 is 0.523 bits per heavy atom. The summed E-state index contributed by atoms with van der Waals surface area (Å²) in [6.07, 6.45) is 0. The van der Waals surface area contributed by atoms with Gasteiger partial charge in [0.2, 0.25) is 0 Å². The number of hydrogen-bond donors (Lipinski definition) is 0. The van der Waals surface area contributed by atoms with Gasteiger partial charge in [0.25, 0.3) is 11.8 Å². The third-order valence-corrected chi connectivity index (χ3v) is 7.34. The van der Waals surface area contributed by atoms with Crippen molar-refractivity contribution < 1.29 is 38.2 Å². The molecule has 1 aliphatic heterocycles. The Kier molecular flexibility index (Phi) is 7.51. The van der Waals surface area contributed by atoms with Crippen LogP contribution in [0.4, 0.5) is 0 Å². The molecule has 0 fully saturated rings. The first-order valence-corrected chi connectivity index (χ1v) is 13.7. The molecule has 0 unspecified atom stereocenters. The van der Waals surface area contributed by atoms with E-state index in [4.69, 9.17) is 9.47 Å². The average molecular weight is 586 g/mol. The first kappa shape index (κ1) is 28.2. The molecule has 0 saturated heterocycles. The molecule has 1 heterocycles. The summed E-state index contributed by atoms with van der Waals surface area (Å²) >= 11 is 0. The highest BCUT2D eigenvalue weighted by molar-refractivity contribution is 6.23. The number of hydrogen-bond acceptors (Lipinski definition) is 8. The minimum absolute atomic E-state index is 0.00108. The van der Waals surface area contributed by atoms with Crippen molar-refractivity contribution in [3.63, 3.8) is 0 Å². The highest BCUT2D eigenvalue weighted by Crippen LogP contribution is 2.25. The van der Waals surface area contributed by atoms with Crippen molar-refractivity contribution in [3.8, 4) is 0 Å². The average Bonchev–Trinajstić information content (AvgIpc) is 3.29. The van der Waals surface area contributed by atoms with Crippen molar-refractivity contribution in [3.05, 3.63) is 131 Å². The highest BCUT2D eigenvalue weighted by Gasteiger charge is 2.37. The van der Waals surface area contributed by atoms with Crippen LogP contribution in [-0.2, 0) is 14.3 Å². The van der Waals surface area contributed by atoms with Crippen molar-refractivity contribution in [1.82, 2.24) is 4.90 Å². The number of carbonyl (C=O) groups is 6. The molecule has 0 bridgehead atoms. The van der Waals surface area contributed by atoms with E-state index in [1.807, 2.05) is 48.5 Å². The molecule has 44 heavy (non-hydrogen) atoms. The van der Waals surface area contributed by atoms with E-state index in [-0.39, 0.29) is 16.7 Å². The number of nitrogens with zero attached hydrogens (tertiary/aromatic N) is 1. The van der Waals surface area contributed by atoms with E-state index in [0.29, 0.717) is 16.0 Å². The van der Waals surface area contributed by atoms with Gasteiger partial charge < -0.3 is 9.47 Å². The summed E-state index contributed by atoms with van der Waals surface area (Å²) in [7, 11) is 0. The molecule has 0 radical (unpaired) electrons. The first-order chi connectivity index (χ1) is 21.3. The Labute approximate surface area is 250 Å². The highest BCUT2D eigenvalue weighted by atomic mass is 16.5. The number of ketones is 2. The van der Waals surface area contributed by atoms with E-state index in [9.17, 15) is 28.8 Å². The molecule has 2 amide bonds. The molecule has 0 aromatic heterocycles. The predicted molar refractivity (Wildman–Crippen MR) is 160 cm³/mol. The second-order valence-corrected chi connectivity index (χ2v) is 10.2. The third kappa shape index (κ3) is 5.58. The van der Waals surface area contributed by atoms with Gasteiger partial charge in [0.15, 0.2) is 24.8 Å². The second kappa shape index (κ2) is 11.7. The van der Waals surface area contributed by atoms with Crippen LogP contribution in [-0.4, -0.2) is 60.0 Å². The van der Waals surface area contributed by atoms with E-state index in [0.717, 1.165) is 21.5 Å². The Balaban J connectivity index is 1.05. The lowest BCUT2D eigenvalue weighted by molar-refractivity contribution is -0.142. The molecule has 5 aromatic rings. The smallest absolute Gasteiger partial charge is 0.338 e. The monoisotopic (exact) mass is 585 g/mol. The minimum Gasteiger partial charge on any atom is -0.456 e. The zero-order valence-corrected chi connectivity index (χ0v) is 23.1. The van der Waals surface area contributed by atoms with Crippen LogP contribution in [0, 0.1) is 0 Å². The second-order valence-electron chi connectivity index (χ2n) is 10.2. The van der Waals surface area contributed by atoms with Gasteiger partial charge >= 0.3 is 11.9 Å². The van der Waals surface area contributed by atoms with E-state index in [1.54, 1.807) is 36.4 Å². The van der Waals surface area contributed by atoms with Gasteiger partial charge in [0.05, 0.1) is 16.7 Å². The Morgan fingerprint density at radius 3 is 1.61 bits per heavy atom. The van der Waals surface area contributed by atoms with Crippen LogP contribution in [0.25, 0.3) is 21.5 Å². The number of esters is 2. The largest absolute Gasteiger partial charge is 0.456 e. The number of Topliss-reactive ketones (excluding diaryl/α,β-unsaturated/α-hetero) is 2. The van der Waals surface area contributed by atoms with Gasteiger partial charge in [-0.2, -0.15) is 0 Å². The first-order valence-electron chi connectivity index (χ1n) is 13.7. The minimum atomic E-state index is -0.944. The van der Waals surface area contributed by atoms with Crippen LogP contribution in [0.3, 0.4) is 0 Å². The lowest BCUT2D eigenvalue weighted by Crippen LogP contribution is -2.36. The van der Waals surface area contributed by atoms with E-state index < -0.39 is 55.1 Å². The number of imide groups is 1. The van der Waals surface area contributed by atoms with Crippen LogP contribution < -0.4 is 0 Å². The predicted octanol–water partition coefficient (Wildman–Crippen LogP) is 5.05. The molecule has 6 rings (SSSR count). The van der Waals surface area contributed by atoms with Gasteiger partial charge in [-0.05, 0) is 51.9 Å². The standard InChI is InChI=1S/C35H23NO8/c37-30(25-11-9-21-5-1-3-7-23(21)15-25)19-43-32(39)18-36-33(40)28-14-13-27(17-29(28)34(36)41)35(42)44-20-31(38)26-12-10-22-6-2-4-8-24(22)16-26/h1-17H,18-20H2. The number of amides is 2. The van der Waals surface area contributed by atoms with E-state index in [2.05, 4.69) is 0 Å². The maximum Gasteiger partial charge on any atom is 0.338 e. The number of rotatable bonds is 9. The molecule has 0 atom stereocenters. The fourth-order valence-electron chi connectivity index (χ4n) is 4.99. The van der Waals surface area contributed by atoms with Crippen molar-refractivity contribution in [1.29, 1.82) is 0 Å². The van der Waals surface area contributed by atoms with Crippen molar-refractivity contribution in [2.45, 2.75) is 0 Å². The van der Waals surface area contributed by atoms with Crippen LogP contribution in [0.15, 0.2) is 103 Å². The maximum absolute atomic E-state index is 13.0. The zero-order valence-electron chi connectivity index (χ0n) is 23.1. The molecule has 9 nitrogen and oxygen atoms in total. The van der Waals surface area contributed by atoms with Crippen molar-refractivity contribution in [2.24, 2.45) is 0 Å². The van der Waals surface area contributed by atoms with Gasteiger partial charge in [-0.1, -0.05) is 72.8 Å². The third-order valence-electron chi connectivity index (χ3n) is 7.34. The summed E-state index contributed by atoms with van der Waals surface area (Å²) in [4.78, 5) is 76.9. The molecule has 0 aliphatic carbocycles. The van der Waals surface area contributed by atoms with Crippen LogP contribution in [0.1, 0.15) is 51.8 Å². The fourth-order valence-corrected chi connectivity index (χ4v) is 4.99. The van der Waals surface area contributed by atoms with Crippen LogP contribution in [0.2, 0.25) is 0 Å². The molecule has 0 saturated carbocycles. The molecule has 1 aliphatic rings. The van der Waals surface area contributed by atoms with E-state index in [1.165, 1.54) is 18.2 Å². The van der Waals surface area contributed by atoms with Crippen LogP contribution >= 0.6 is 0 Å². The van der Waals surface area contributed by atoms with E-state index >= 15 is 0 Å². The Bertz CT molecular complexity index is 2030. The van der Waals surface area contributed by atoms with Gasteiger partial charge in [0, 0.05) is 11.1 Å². The maximum atomic E-state index is 13.0. The molecule has 9 heteroatoms. The topological polar surface area (TPSA) is 124 Å². The summed E-state index contributed by atoms with van der Waals surface area (Å²) in [5, 5.41) is 3.65. The van der Waals surface area contributed by atoms with Gasteiger partial charge in [-0.3, -0.25) is 28.9 Å². The van der Waals surface area contributed by atoms with Crippen molar-refractivity contribution >= 4 is 56.9 Å². The number of carbonyl (C=O) groups excluding carboxylic acids is 6. The van der Waals surface area contributed by atoms with Gasteiger partial charge in [-0.25, -0.2) is 4.79 Å². The summed E-state index contributed by atoms with van der Waals surface area (Å²) in [6, 6.07) is 29.1. The SMILES string of the molecule is O=C(CN1C(=O)c2ccc(C(=O)OCC(=O)c3ccc4ccccc4c3)cc2C1=O)OCC(=O)c1ccc2ccccc2c1. The molecule has 216 valence electrons. The molecular formula is C35H23NO8. The summed E-state index contributed by atoms with van der Waals surface area (Å²) in [5.74, 6) is -4.18. The fraction of sp³-hybridized carbons (Fsp3) is 0.0857. The number of benzene rings is 5. The molecule has 0 spiro atoms. The summed E-state index contributed by atoms with van der Waals surface area (Å²) in [6.45, 7) is -1.79. The van der Waals surface area contributed by atoms with Gasteiger partial charge in [0.1, 0.15) is 6.54 Å². The van der Waals surface area contributed by atoms with Gasteiger partial charge in [-0.15, -0.1) is 0 Å². The lowest BCUT2D eigenvalue weighted by atomic mass is 10.0. The molecule has 5 aromatic carbocycles. The number of ether oxygens (including phenoxy) is 2. The Hall–Kier alpha value is -5.96. The lowest BCUT2D eigenvalue weighted by Gasteiger charge is -2.13. The molecular weight excluding hydrogens is 562 g/mol. The quantitative estimate of drug-likeness (QED) is 0.134. The molecule has 0 N–H and O–H groups in total. The zero-order chi connectivity index (χ0) is 30.8. The Morgan fingerprint density at radius 2 is 1.02 bits per heavy atom. The number of fused-ring (bicyclic) bond motifs is 3. The summed E-state index contributed by atoms with van der Waals surface area (Å²) in [5.41, 5.74) is 0.606. The van der Waals surface area contributed by atoms with Crippen LogP contribution in [0.5, 0.6) is 0 Å². The summed E-state index contributed by atoms with van der Waals surface area (Å²) < 4.78 is 10.2.